The topological polar surface area (TPSA) is 83.5 Å². The quantitative estimate of drug-likeness (QED) is 0.428. The Bertz CT molecular complexity index is 236. The molecule has 0 spiro atoms. The zero-order valence-electron chi connectivity index (χ0n) is 5.74. The molecule has 0 aliphatic carbocycles. The van der Waals surface area contributed by atoms with Crippen LogP contribution in [0.4, 0.5) is 0 Å². The van der Waals surface area contributed by atoms with E-state index in [0.29, 0.717) is 0 Å². The Morgan fingerprint density at radius 3 is 2.45 bits per heavy atom. The molecule has 11 heavy (non-hydrogen) atoms. The van der Waals surface area contributed by atoms with Crippen LogP contribution in [-0.2, 0) is 14.9 Å². The van der Waals surface area contributed by atoms with E-state index < -0.39 is 21.4 Å². The van der Waals surface area contributed by atoms with Crippen LogP contribution in [0, 0.1) is 0 Å². The van der Waals surface area contributed by atoms with Crippen LogP contribution in [0.25, 0.3) is 0 Å². The van der Waals surface area contributed by atoms with Gasteiger partial charge in [0.2, 0.25) is 5.91 Å². The first-order chi connectivity index (χ1) is 4.88. The molecule has 0 aromatic rings. The molecule has 1 unspecified atom stereocenters. The predicted octanol–water partition coefficient (Wildman–Crippen LogP) is -0.229. The minimum Gasteiger partial charge on any atom is -0.337 e. The minimum atomic E-state index is -4.14. The maximum absolute atomic E-state index is 10.6. The van der Waals surface area contributed by atoms with Crippen molar-refractivity contribution in [1.82, 2.24) is 5.32 Å². The number of rotatable bonds is 3. The Balaban J connectivity index is 4.10. The third kappa shape index (κ3) is 4.53. The molecule has 0 aromatic heterocycles. The van der Waals surface area contributed by atoms with Gasteiger partial charge in [0.25, 0.3) is 10.1 Å². The zero-order chi connectivity index (χ0) is 9.07. The molecule has 0 saturated carbocycles. The van der Waals surface area contributed by atoms with E-state index in [1.165, 1.54) is 6.92 Å². The molecule has 0 rings (SSSR count). The Kier molecular flexibility index (Phi) is 4.26. The number of hydrogen-bond acceptors (Lipinski definition) is 3. The molecule has 0 aliphatic heterocycles. The molecule has 0 heterocycles. The van der Waals surface area contributed by atoms with Crippen LogP contribution >= 0.6 is 22.6 Å². The van der Waals surface area contributed by atoms with Gasteiger partial charge in [0.15, 0.2) is 5.37 Å². The van der Waals surface area contributed by atoms with Gasteiger partial charge in [-0.05, 0) is 6.92 Å². The van der Waals surface area contributed by atoms with E-state index >= 15 is 0 Å². The van der Waals surface area contributed by atoms with E-state index in [1.54, 1.807) is 22.6 Å². The molecule has 0 radical (unpaired) electrons. The Morgan fingerprint density at radius 2 is 2.18 bits per heavy atom. The first kappa shape index (κ1) is 11.1. The Morgan fingerprint density at radius 1 is 1.73 bits per heavy atom. The van der Waals surface area contributed by atoms with Crippen LogP contribution in [0.5, 0.6) is 0 Å². The zero-order valence-corrected chi connectivity index (χ0v) is 8.72. The molecule has 0 bridgehead atoms. The second-order valence-electron chi connectivity index (χ2n) is 1.86. The molecular formula is C4H8INO4S. The summed E-state index contributed by atoms with van der Waals surface area (Å²) in [6.07, 6.45) is 0. The summed E-state index contributed by atoms with van der Waals surface area (Å²) < 4.78 is 29.2. The lowest BCUT2D eigenvalue weighted by Gasteiger charge is -2.08. The fraction of sp³-hybridized carbons (Fsp3) is 0.750. The van der Waals surface area contributed by atoms with Gasteiger partial charge in [-0.1, -0.05) is 22.6 Å². The van der Waals surface area contributed by atoms with Crippen LogP contribution in [0.3, 0.4) is 0 Å². The first-order valence-electron chi connectivity index (χ1n) is 2.69. The maximum atomic E-state index is 10.6. The highest BCUT2D eigenvalue weighted by atomic mass is 127. The monoisotopic (exact) mass is 293 g/mol. The van der Waals surface area contributed by atoms with Crippen molar-refractivity contribution in [3.8, 4) is 0 Å². The number of alkyl halides is 1. The van der Waals surface area contributed by atoms with E-state index in [-0.39, 0.29) is 4.43 Å². The summed E-state index contributed by atoms with van der Waals surface area (Å²) >= 11 is 1.79. The number of nitrogens with one attached hydrogen (secondary N) is 1. The number of halogens is 1. The molecule has 0 saturated heterocycles. The first-order valence-corrected chi connectivity index (χ1v) is 5.72. The second kappa shape index (κ2) is 4.21. The summed E-state index contributed by atoms with van der Waals surface area (Å²) in [5.74, 6) is -0.421. The van der Waals surface area contributed by atoms with Crippen LogP contribution in [0.2, 0.25) is 0 Å². The normalized spacial score (nSPS) is 14.1. The van der Waals surface area contributed by atoms with Crippen molar-refractivity contribution in [2.45, 2.75) is 12.3 Å². The van der Waals surface area contributed by atoms with Crippen molar-refractivity contribution < 1.29 is 17.8 Å². The number of hydrogen-bond donors (Lipinski definition) is 2. The van der Waals surface area contributed by atoms with E-state index in [9.17, 15) is 13.2 Å². The summed E-state index contributed by atoms with van der Waals surface area (Å²) in [4.78, 5) is 10.6. The molecular weight excluding hydrogens is 285 g/mol. The van der Waals surface area contributed by atoms with Gasteiger partial charge < -0.3 is 5.32 Å². The Hall–Kier alpha value is 0.110. The highest BCUT2D eigenvalue weighted by Gasteiger charge is 2.18. The molecule has 5 nitrogen and oxygen atoms in total. The summed E-state index contributed by atoms with van der Waals surface area (Å²) in [5.41, 5.74) is 0. The van der Waals surface area contributed by atoms with E-state index in [4.69, 9.17) is 4.55 Å². The molecule has 1 amide bonds. The molecule has 1 atom stereocenters. The van der Waals surface area contributed by atoms with Crippen molar-refractivity contribution in [2.24, 2.45) is 0 Å². The molecule has 66 valence electrons. The van der Waals surface area contributed by atoms with Gasteiger partial charge in [0.05, 0.1) is 4.43 Å². The van der Waals surface area contributed by atoms with Crippen molar-refractivity contribution >= 4 is 38.6 Å². The van der Waals surface area contributed by atoms with Crippen LogP contribution < -0.4 is 5.32 Å². The summed E-state index contributed by atoms with van der Waals surface area (Å²) in [5, 5.41) is 0.853. The van der Waals surface area contributed by atoms with Gasteiger partial charge in [0, 0.05) is 0 Å². The SMILES string of the molecule is CC(NC(=O)CI)S(=O)(=O)O. The lowest BCUT2D eigenvalue weighted by Crippen LogP contribution is -2.38. The Labute approximate surface area is 78.4 Å². The third-order valence-electron chi connectivity index (χ3n) is 0.932. The molecule has 0 aliphatic rings. The predicted molar refractivity (Wildman–Crippen MR) is 48.0 cm³/mol. The fourth-order valence-electron chi connectivity index (χ4n) is 0.340. The summed E-state index contributed by atoms with van der Waals surface area (Å²) in [7, 11) is -4.14. The highest BCUT2D eigenvalue weighted by molar-refractivity contribution is 14.1. The third-order valence-corrected chi connectivity index (χ3v) is 2.64. The summed E-state index contributed by atoms with van der Waals surface area (Å²) in [6, 6.07) is 0. The van der Waals surface area contributed by atoms with E-state index in [0.717, 1.165) is 0 Å². The molecule has 0 fully saturated rings. The molecule has 2 N–H and O–H groups in total. The van der Waals surface area contributed by atoms with Gasteiger partial charge in [-0.3, -0.25) is 9.35 Å². The van der Waals surface area contributed by atoms with Crippen LogP contribution in [-0.4, -0.2) is 28.7 Å². The summed E-state index contributed by atoms with van der Waals surface area (Å²) in [6.45, 7) is 1.19. The van der Waals surface area contributed by atoms with Crippen LogP contribution in [0.1, 0.15) is 6.92 Å². The lowest BCUT2D eigenvalue weighted by atomic mass is 10.6. The van der Waals surface area contributed by atoms with Gasteiger partial charge in [-0.15, -0.1) is 0 Å². The second-order valence-corrected chi connectivity index (χ2v) is 4.36. The maximum Gasteiger partial charge on any atom is 0.285 e. The molecule has 7 heteroatoms. The van der Waals surface area contributed by atoms with E-state index in [1.807, 2.05) is 0 Å². The standard InChI is InChI=1S/C4H8INO4S/c1-3(11(8,9)10)6-4(7)2-5/h3H,2H2,1H3,(H,6,7)(H,8,9,10). The smallest absolute Gasteiger partial charge is 0.285 e. The van der Waals surface area contributed by atoms with Crippen molar-refractivity contribution in [3.63, 3.8) is 0 Å². The van der Waals surface area contributed by atoms with Gasteiger partial charge in [-0.25, -0.2) is 0 Å². The lowest BCUT2D eigenvalue weighted by molar-refractivity contribution is -0.118. The minimum absolute atomic E-state index is 0.164. The average molecular weight is 293 g/mol. The van der Waals surface area contributed by atoms with Gasteiger partial charge in [-0.2, -0.15) is 8.42 Å². The van der Waals surface area contributed by atoms with Crippen LogP contribution in [0.15, 0.2) is 0 Å². The average Bonchev–Trinajstić information content (AvgIpc) is 1.85. The van der Waals surface area contributed by atoms with E-state index in [2.05, 4.69) is 5.32 Å². The number of carbonyl (C=O) groups excluding carboxylic acids is 1. The highest BCUT2D eigenvalue weighted by Crippen LogP contribution is 1.92. The van der Waals surface area contributed by atoms with Crippen molar-refractivity contribution in [2.75, 3.05) is 4.43 Å². The van der Waals surface area contributed by atoms with Crippen molar-refractivity contribution in [1.29, 1.82) is 0 Å². The number of amides is 1. The molecule has 0 aromatic carbocycles. The fourth-order valence-corrected chi connectivity index (χ4v) is 0.840. The van der Waals surface area contributed by atoms with Crippen molar-refractivity contribution in [3.05, 3.63) is 0 Å². The van der Waals surface area contributed by atoms with Gasteiger partial charge >= 0.3 is 0 Å². The largest absolute Gasteiger partial charge is 0.337 e. The number of carbonyl (C=O) groups is 1. The van der Waals surface area contributed by atoms with Gasteiger partial charge in [0.1, 0.15) is 0 Å².